The van der Waals surface area contributed by atoms with E-state index in [9.17, 15) is 9.18 Å². The molecule has 1 amide bonds. The van der Waals surface area contributed by atoms with Crippen molar-refractivity contribution in [3.63, 3.8) is 0 Å². The van der Waals surface area contributed by atoms with Gasteiger partial charge in [0.05, 0.1) is 10.7 Å². The van der Waals surface area contributed by atoms with Crippen LogP contribution in [0.15, 0.2) is 65.3 Å². The number of nitrogens with one attached hydrogen (secondary N) is 3. The second-order valence-corrected chi connectivity index (χ2v) is 7.30. The number of pyridine rings is 1. The van der Waals surface area contributed by atoms with Crippen LogP contribution in [0.5, 0.6) is 0 Å². The molecule has 9 heteroatoms. The van der Waals surface area contributed by atoms with Crippen LogP contribution in [0.3, 0.4) is 0 Å². The molecule has 1 heterocycles. The molecule has 5 nitrogen and oxygen atoms in total. The van der Waals surface area contributed by atoms with Crippen LogP contribution in [-0.2, 0) is 0 Å². The number of anilines is 3. The Morgan fingerprint density at radius 3 is 2.57 bits per heavy atom. The Morgan fingerprint density at radius 2 is 1.86 bits per heavy atom. The molecule has 0 bridgehead atoms. The lowest BCUT2D eigenvalue weighted by molar-refractivity contribution is 0.102. The second-order valence-electron chi connectivity index (χ2n) is 5.57. The summed E-state index contributed by atoms with van der Waals surface area (Å²) >= 11 is 14.5. The Balaban J connectivity index is 1.68. The lowest BCUT2D eigenvalue weighted by Crippen LogP contribution is -2.20. The largest absolute Gasteiger partial charge is 0.332 e. The molecule has 0 atom stereocenters. The molecule has 0 radical (unpaired) electrons. The number of aromatic nitrogens is 1. The second kappa shape index (κ2) is 9.09. The molecule has 3 rings (SSSR count). The van der Waals surface area contributed by atoms with Gasteiger partial charge in [0.25, 0.3) is 5.91 Å². The van der Waals surface area contributed by atoms with Gasteiger partial charge in [-0.3, -0.25) is 4.79 Å². The molecule has 0 aliphatic rings. The molecule has 0 fully saturated rings. The molecule has 0 aliphatic heterocycles. The topological polar surface area (TPSA) is 66.0 Å². The van der Waals surface area contributed by atoms with E-state index in [0.717, 1.165) is 4.47 Å². The first-order valence-corrected chi connectivity index (χ1v) is 9.55. The summed E-state index contributed by atoms with van der Waals surface area (Å²) in [6.07, 6.45) is 1.59. The maximum atomic E-state index is 13.9. The van der Waals surface area contributed by atoms with Gasteiger partial charge in [-0.25, -0.2) is 9.37 Å². The van der Waals surface area contributed by atoms with E-state index in [1.807, 2.05) is 0 Å². The van der Waals surface area contributed by atoms with Gasteiger partial charge in [-0.1, -0.05) is 23.7 Å². The van der Waals surface area contributed by atoms with Crippen LogP contribution >= 0.6 is 39.7 Å². The van der Waals surface area contributed by atoms with E-state index in [-0.39, 0.29) is 21.7 Å². The zero-order chi connectivity index (χ0) is 20.1. The Hall–Kier alpha value is -2.55. The summed E-state index contributed by atoms with van der Waals surface area (Å²) in [5.41, 5.74) is 1.04. The van der Waals surface area contributed by atoms with E-state index in [0.29, 0.717) is 17.1 Å². The van der Waals surface area contributed by atoms with Gasteiger partial charge in [-0.05, 0) is 70.6 Å². The van der Waals surface area contributed by atoms with Gasteiger partial charge >= 0.3 is 0 Å². The third-order valence-electron chi connectivity index (χ3n) is 3.55. The maximum Gasteiger partial charge on any atom is 0.256 e. The number of hydrogen-bond acceptors (Lipinski definition) is 3. The minimum Gasteiger partial charge on any atom is -0.332 e. The number of para-hydroxylation sites is 1. The summed E-state index contributed by atoms with van der Waals surface area (Å²) < 4.78 is 14.7. The SMILES string of the molecule is O=C(Nc1ccc(Br)cn1)c1cccc(NC(=S)Nc2c(F)cccc2Cl)c1. The molecule has 1 aromatic heterocycles. The third kappa shape index (κ3) is 5.25. The molecule has 0 aliphatic carbocycles. The number of carbonyl (C=O) groups excluding carboxylic acids is 1. The molecule has 0 unspecified atom stereocenters. The Bertz CT molecular complexity index is 1010. The van der Waals surface area contributed by atoms with E-state index >= 15 is 0 Å². The quantitative estimate of drug-likeness (QED) is 0.419. The molecule has 0 saturated carbocycles. The number of hydrogen-bond donors (Lipinski definition) is 3. The Morgan fingerprint density at radius 1 is 1.07 bits per heavy atom. The summed E-state index contributed by atoms with van der Waals surface area (Å²) in [4.78, 5) is 16.5. The average Bonchev–Trinajstić information content (AvgIpc) is 2.67. The molecule has 142 valence electrons. The van der Waals surface area contributed by atoms with Crippen LogP contribution in [0.1, 0.15) is 10.4 Å². The first-order chi connectivity index (χ1) is 13.4. The lowest BCUT2D eigenvalue weighted by Gasteiger charge is -2.13. The molecule has 0 spiro atoms. The number of amides is 1. The summed E-state index contributed by atoms with van der Waals surface area (Å²) in [5, 5.41) is 8.68. The van der Waals surface area contributed by atoms with E-state index in [4.69, 9.17) is 23.8 Å². The van der Waals surface area contributed by atoms with Crippen molar-refractivity contribution in [2.75, 3.05) is 16.0 Å². The van der Waals surface area contributed by atoms with Gasteiger partial charge in [0.1, 0.15) is 11.6 Å². The number of benzene rings is 2. The van der Waals surface area contributed by atoms with Gasteiger partial charge in [0.2, 0.25) is 0 Å². The van der Waals surface area contributed by atoms with E-state index in [2.05, 4.69) is 36.9 Å². The summed E-state index contributed by atoms with van der Waals surface area (Å²) in [7, 11) is 0. The number of thiocarbonyl (C=S) groups is 1. The average molecular weight is 480 g/mol. The molecule has 2 aromatic carbocycles. The van der Waals surface area contributed by atoms with Gasteiger partial charge in [-0.2, -0.15) is 0 Å². The fraction of sp³-hybridized carbons (Fsp3) is 0. The van der Waals surface area contributed by atoms with Crippen molar-refractivity contribution in [3.05, 3.63) is 81.7 Å². The van der Waals surface area contributed by atoms with Crippen molar-refractivity contribution in [2.45, 2.75) is 0 Å². The standard InChI is InChI=1S/C19H13BrClFN4OS/c20-12-7-8-16(23-10-12)25-18(27)11-3-1-4-13(9-11)24-19(28)26-17-14(21)5-2-6-15(17)22/h1-10H,(H,23,25,27)(H2,24,26,28). The Kier molecular flexibility index (Phi) is 6.56. The predicted octanol–water partition coefficient (Wildman–Crippen LogP) is 5.70. The highest BCUT2D eigenvalue weighted by molar-refractivity contribution is 9.10. The molecule has 3 aromatic rings. The van der Waals surface area contributed by atoms with E-state index in [1.165, 1.54) is 12.1 Å². The van der Waals surface area contributed by atoms with Crippen molar-refractivity contribution in [1.29, 1.82) is 0 Å². The smallest absolute Gasteiger partial charge is 0.256 e. The summed E-state index contributed by atoms with van der Waals surface area (Å²) in [6, 6.07) is 14.5. The molecule has 28 heavy (non-hydrogen) atoms. The minimum atomic E-state index is -0.522. The highest BCUT2D eigenvalue weighted by atomic mass is 79.9. The molecule has 0 saturated heterocycles. The predicted molar refractivity (Wildman–Crippen MR) is 118 cm³/mol. The highest BCUT2D eigenvalue weighted by Crippen LogP contribution is 2.25. The van der Waals surface area contributed by atoms with Crippen molar-refractivity contribution in [1.82, 2.24) is 4.98 Å². The van der Waals surface area contributed by atoms with Gasteiger partial charge in [-0.15, -0.1) is 0 Å². The molecular weight excluding hydrogens is 467 g/mol. The van der Waals surface area contributed by atoms with Crippen molar-refractivity contribution < 1.29 is 9.18 Å². The van der Waals surface area contributed by atoms with Gasteiger partial charge < -0.3 is 16.0 Å². The monoisotopic (exact) mass is 478 g/mol. The number of halogens is 3. The first-order valence-electron chi connectivity index (χ1n) is 7.97. The fourth-order valence-corrected chi connectivity index (χ4v) is 2.93. The van der Waals surface area contributed by atoms with Crippen LogP contribution in [0.25, 0.3) is 0 Å². The zero-order valence-electron chi connectivity index (χ0n) is 14.2. The van der Waals surface area contributed by atoms with Crippen LogP contribution in [-0.4, -0.2) is 16.0 Å². The van der Waals surface area contributed by atoms with Crippen LogP contribution in [0.4, 0.5) is 21.6 Å². The van der Waals surface area contributed by atoms with E-state index < -0.39 is 5.82 Å². The number of nitrogens with zero attached hydrogens (tertiary/aromatic N) is 1. The van der Waals surface area contributed by atoms with Crippen molar-refractivity contribution in [3.8, 4) is 0 Å². The highest BCUT2D eigenvalue weighted by Gasteiger charge is 2.11. The Labute approximate surface area is 179 Å². The fourth-order valence-electron chi connectivity index (χ4n) is 2.27. The molecule has 3 N–H and O–H groups in total. The lowest BCUT2D eigenvalue weighted by atomic mass is 10.2. The van der Waals surface area contributed by atoms with Crippen molar-refractivity contribution >= 4 is 68.0 Å². The van der Waals surface area contributed by atoms with Crippen LogP contribution in [0.2, 0.25) is 5.02 Å². The number of rotatable bonds is 4. The zero-order valence-corrected chi connectivity index (χ0v) is 17.3. The molecular formula is C19H13BrClFN4OS. The van der Waals surface area contributed by atoms with Gasteiger partial charge in [0, 0.05) is 21.9 Å². The van der Waals surface area contributed by atoms with Crippen molar-refractivity contribution in [2.24, 2.45) is 0 Å². The summed E-state index contributed by atoms with van der Waals surface area (Å²) in [5.74, 6) is -0.417. The number of carbonyl (C=O) groups is 1. The summed E-state index contributed by atoms with van der Waals surface area (Å²) in [6.45, 7) is 0. The normalized spacial score (nSPS) is 10.2. The maximum absolute atomic E-state index is 13.9. The minimum absolute atomic E-state index is 0.0804. The van der Waals surface area contributed by atoms with Crippen LogP contribution in [0, 0.1) is 5.82 Å². The van der Waals surface area contributed by atoms with Gasteiger partial charge in [0.15, 0.2) is 5.11 Å². The first kappa shape index (κ1) is 20.2. The third-order valence-corrected chi connectivity index (χ3v) is 4.54. The van der Waals surface area contributed by atoms with Crippen LogP contribution < -0.4 is 16.0 Å². The van der Waals surface area contributed by atoms with E-state index in [1.54, 1.807) is 48.7 Å².